The first-order valence-electron chi connectivity index (χ1n) is 11.6. The predicted molar refractivity (Wildman–Crippen MR) is 137 cm³/mol. The second kappa shape index (κ2) is 9.15. The Balaban J connectivity index is 1.79. The van der Waals surface area contributed by atoms with E-state index in [1.807, 2.05) is 13.0 Å². The van der Waals surface area contributed by atoms with Crippen molar-refractivity contribution in [1.29, 1.82) is 0 Å². The molecular formula is C24H28Cl4O7S. The van der Waals surface area contributed by atoms with Gasteiger partial charge in [0.1, 0.15) is 0 Å². The van der Waals surface area contributed by atoms with Crippen molar-refractivity contribution in [2.75, 3.05) is 12.2 Å². The SMILES string of the molecule is C[C@]12C=CC(=O)C=C1CC[C@H]1[C@@H]3CC[C@](OC(=O)C(Cl)Cl)(C(=O)OCS(C)(=O)=O)[C@@]3(C)C[C@H](Cl)[C@@]12Cl. The Hall–Kier alpha value is -0.800. The number of hydrogen-bond acceptors (Lipinski definition) is 7. The van der Waals surface area contributed by atoms with Crippen LogP contribution in [0.25, 0.3) is 0 Å². The van der Waals surface area contributed by atoms with Gasteiger partial charge >= 0.3 is 11.9 Å². The maximum atomic E-state index is 13.5. The van der Waals surface area contributed by atoms with E-state index in [9.17, 15) is 22.8 Å². The van der Waals surface area contributed by atoms with Crippen molar-refractivity contribution in [3.8, 4) is 0 Å². The minimum absolute atomic E-state index is 0.0732. The van der Waals surface area contributed by atoms with Crippen LogP contribution in [-0.4, -0.2) is 59.0 Å². The molecule has 0 bridgehead atoms. The summed E-state index contributed by atoms with van der Waals surface area (Å²) in [5, 5.41) is -0.696. The second-order valence-electron chi connectivity index (χ2n) is 10.8. The van der Waals surface area contributed by atoms with Crippen molar-refractivity contribution in [3.05, 3.63) is 23.8 Å². The topological polar surface area (TPSA) is 104 Å². The predicted octanol–water partition coefficient (Wildman–Crippen LogP) is 4.50. The third kappa shape index (κ3) is 4.05. The van der Waals surface area contributed by atoms with Gasteiger partial charge in [0, 0.05) is 17.1 Å². The lowest BCUT2D eigenvalue weighted by molar-refractivity contribution is -0.201. The Bertz CT molecular complexity index is 1170. The summed E-state index contributed by atoms with van der Waals surface area (Å²) in [5.74, 6) is -3.39. The maximum Gasteiger partial charge on any atom is 0.352 e. The second-order valence-corrected chi connectivity index (χ2v) is 15.1. The number of carbonyl (C=O) groups is 3. The first-order chi connectivity index (χ1) is 16.5. The Morgan fingerprint density at radius 1 is 1.19 bits per heavy atom. The smallest absolute Gasteiger partial charge is 0.352 e. The van der Waals surface area contributed by atoms with Crippen LogP contribution >= 0.6 is 46.4 Å². The van der Waals surface area contributed by atoms with E-state index in [1.165, 1.54) is 6.08 Å². The van der Waals surface area contributed by atoms with E-state index < -0.39 is 59.2 Å². The van der Waals surface area contributed by atoms with Crippen molar-refractivity contribution < 1.29 is 32.3 Å². The molecule has 0 spiro atoms. The Labute approximate surface area is 230 Å². The first kappa shape index (κ1) is 28.2. The van der Waals surface area contributed by atoms with Gasteiger partial charge in [-0.1, -0.05) is 48.7 Å². The molecule has 3 saturated carbocycles. The number of carbonyl (C=O) groups excluding carboxylic acids is 3. The summed E-state index contributed by atoms with van der Waals surface area (Å²) in [6, 6.07) is 0. The number of ketones is 1. The standard InChI is InChI=1S/C24H28Cl4O7S/c1-21-8-6-14(29)10-13(21)4-5-16-15-7-9-23(35-19(30)18(26)27,20(31)34-12-36(3,32)33)22(15,2)11-17(25)24(16,21)28/h6,8,10,15-18H,4-5,7,9,11-12H2,1-3H3/t15-,16-,17-,21-,22-,23-,24-/m0/s1. The lowest BCUT2D eigenvalue weighted by atomic mass is 9.46. The minimum Gasteiger partial charge on any atom is -0.446 e. The maximum absolute atomic E-state index is 13.5. The van der Waals surface area contributed by atoms with Crippen LogP contribution in [0, 0.1) is 22.7 Å². The van der Waals surface area contributed by atoms with E-state index in [0.717, 1.165) is 11.8 Å². The zero-order chi connectivity index (χ0) is 26.9. The zero-order valence-corrected chi connectivity index (χ0v) is 23.9. The molecule has 4 aliphatic rings. The van der Waals surface area contributed by atoms with Crippen LogP contribution in [0.4, 0.5) is 0 Å². The number of hydrogen-bond donors (Lipinski definition) is 0. The van der Waals surface area contributed by atoms with Crippen LogP contribution < -0.4 is 0 Å². The van der Waals surface area contributed by atoms with Crippen molar-refractivity contribution in [3.63, 3.8) is 0 Å². The molecule has 7 nitrogen and oxygen atoms in total. The summed E-state index contributed by atoms with van der Waals surface area (Å²) in [7, 11) is -3.66. The summed E-state index contributed by atoms with van der Waals surface area (Å²) in [6.07, 6.45) is 7.83. The molecule has 0 saturated heterocycles. The number of allylic oxidation sites excluding steroid dienone is 4. The number of halogens is 4. The quantitative estimate of drug-likeness (QED) is 0.337. The fourth-order valence-corrected chi connectivity index (χ4v) is 8.81. The first-order valence-corrected chi connectivity index (χ1v) is 15.4. The van der Waals surface area contributed by atoms with Crippen LogP contribution in [0.5, 0.6) is 0 Å². The molecule has 4 aliphatic carbocycles. The monoisotopic (exact) mass is 600 g/mol. The molecular weight excluding hydrogens is 574 g/mol. The van der Waals surface area contributed by atoms with Gasteiger partial charge in [-0.15, -0.1) is 23.2 Å². The molecule has 0 heterocycles. The summed E-state index contributed by atoms with van der Waals surface area (Å²) in [6.45, 7) is 3.78. The van der Waals surface area contributed by atoms with Gasteiger partial charge in [0.2, 0.25) is 10.4 Å². The van der Waals surface area contributed by atoms with Gasteiger partial charge in [-0.2, -0.15) is 0 Å². The average Bonchev–Trinajstić information content (AvgIpc) is 3.05. The van der Waals surface area contributed by atoms with Gasteiger partial charge in [0.05, 0.1) is 10.3 Å². The third-order valence-electron chi connectivity index (χ3n) is 8.90. The number of esters is 2. The Morgan fingerprint density at radius 3 is 2.47 bits per heavy atom. The molecule has 7 atom stereocenters. The molecule has 0 N–H and O–H groups in total. The highest BCUT2D eigenvalue weighted by atomic mass is 35.5. The van der Waals surface area contributed by atoms with E-state index in [4.69, 9.17) is 55.9 Å². The lowest BCUT2D eigenvalue weighted by Gasteiger charge is -2.63. The summed E-state index contributed by atoms with van der Waals surface area (Å²) >= 11 is 26.1. The van der Waals surface area contributed by atoms with Gasteiger partial charge < -0.3 is 9.47 Å². The van der Waals surface area contributed by atoms with Crippen LogP contribution in [0.1, 0.15) is 46.0 Å². The largest absolute Gasteiger partial charge is 0.446 e. The molecule has 0 aliphatic heterocycles. The van der Waals surface area contributed by atoms with Crippen molar-refractivity contribution in [2.24, 2.45) is 22.7 Å². The number of sulfone groups is 1. The van der Waals surface area contributed by atoms with Gasteiger partial charge in [-0.3, -0.25) is 4.79 Å². The molecule has 0 unspecified atom stereocenters. The molecule has 0 aromatic rings. The number of ether oxygens (including phenoxy) is 2. The summed E-state index contributed by atoms with van der Waals surface area (Å²) in [5.41, 5.74) is -2.65. The highest BCUT2D eigenvalue weighted by Crippen LogP contribution is 2.72. The molecule has 0 radical (unpaired) electrons. The van der Waals surface area contributed by atoms with Gasteiger partial charge in [-0.05, 0) is 56.1 Å². The fourth-order valence-electron chi connectivity index (χ4n) is 7.17. The Kier molecular flexibility index (Phi) is 7.17. The molecule has 0 amide bonds. The highest BCUT2D eigenvalue weighted by Gasteiger charge is 2.75. The molecule has 0 aromatic heterocycles. The summed E-state index contributed by atoms with van der Waals surface area (Å²) < 4.78 is 34.3. The van der Waals surface area contributed by atoms with Crippen molar-refractivity contribution in [2.45, 2.75) is 66.6 Å². The third-order valence-corrected chi connectivity index (χ3v) is 11.4. The normalized spacial score (nSPS) is 41.7. The molecule has 12 heteroatoms. The minimum atomic E-state index is -3.66. The average molecular weight is 602 g/mol. The van der Waals surface area contributed by atoms with Gasteiger partial charge in [0.15, 0.2) is 21.6 Å². The van der Waals surface area contributed by atoms with Crippen LogP contribution in [0.3, 0.4) is 0 Å². The fraction of sp³-hybridized carbons (Fsp3) is 0.708. The van der Waals surface area contributed by atoms with Crippen molar-refractivity contribution >= 4 is 74.0 Å². The van der Waals surface area contributed by atoms with E-state index in [1.54, 1.807) is 13.0 Å². The number of alkyl halides is 4. The van der Waals surface area contributed by atoms with Crippen LogP contribution in [0.2, 0.25) is 0 Å². The van der Waals surface area contributed by atoms with E-state index >= 15 is 0 Å². The van der Waals surface area contributed by atoms with Gasteiger partial charge in [-0.25, -0.2) is 18.0 Å². The number of fused-ring (bicyclic) bond motifs is 5. The van der Waals surface area contributed by atoms with Gasteiger partial charge in [0.25, 0.3) is 0 Å². The molecule has 3 fully saturated rings. The molecule has 4 rings (SSSR count). The van der Waals surface area contributed by atoms with Crippen LogP contribution in [0.15, 0.2) is 23.8 Å². The Morgan fingerprint density at radius 2 is 1.86 bits per heavy atom. The zero-order valence-electron chi connectivity index (χ0n) is 20.1. The highest BCUT2D eigenvalue weighted by molar-refractivity contribution is 7.90. The molecule has 0 aromatic carbocycles. The van der Waals surface area contributed by atoms with E-state index in [-0.39, 0.29) is 30.5 Å². The summed E-state index contributed by atoms with van der Waals surface area (Å²) in [4.78, 5) is 35.7. The molecule has 200 valence electrons. The van der Waals surface area contributed by atoms with Crippen molar-refractivity contribution in [1.82, 2.24) is 0 Å². The lowest BCUT2D eigenvalue weighted by Crippen LogP contribution is -2.68. The van der Waals surface area contributed by atoms with E-state index in [0.29, 0.717) is 19.3 Å². The molecule has 36 heavy (non-hydrogen) atoms. The number of rotatable bonds is 5. The van der Waals surface area contributed by atoms with Crippen LogP contribution in [-0.2, 0) is 33.7 Å². The van der Waals surface area contributed by atoms with E-state index in [2.05, 4.69) is 0 Å².